The Morgan fingerprint density at radius 3 is 2.92 bits per heavy atom. The fraction of sp³-hybridized carbons (Fsp3) is 0.625. The number of rotatable bonds is 3. The fourth-order valence-electron chi connectivity index (χ4n) is 1.19. The summed E-state index contributed by atoms with van der Waals surface area (Å²) in [6, 6.07) is 0. The highest BCUT2D eigenvalue weighted by molar-refractivity contribution is 9.10. The SMILES string of the molecule is NC1(CCc2sncc2Br)CC1. The van der Waals surface area contributed by atoms with Crippen LogP contribution >= 0.6 is 27.5 Å². The number of hydrogen-bond acceptors (Lipinski definition) is 3. The standard InChI is InChI=1S/C8H11BrN2S/c9-6-5-11-12-7(6)1-2-8(10)3-4-8/h5H,1-4,10H2. The van der Waals surface area contributed by atoms with E-state index in [0.29, 0.717) is 0 Å². The van der Waals surface area contributed by atoms with E-state index in [1.165, 1.54) is 17.7 Å². The molecule has 1 aromatic heterocycles. The zero-order valence-corrected chi connectivity index (χ0v) is 9.12. The van der Waals surface area contributed by atoms with E-state index in [-0.39, 0.29) is 5.54 Å². The summed E-state index contributed by atoms with van der Waals surface area (Å²) < 4.78 is 5.23. The van der Waals surface area contributed by atoms with Crippen molar-refractivity contribution < 1.29 is 0 Å². The normalized spacial score (nSPS) is 19.5. The van der Waals surface area contributed by atoms with Gasteiger partial charge in [0.1, 0.15) is 0 Å². The molecule has 0 aliphatic heterocycles. The lowest BCUT2D eigenvalue weighted by Crippen LogP contribution is -2.21. The van der Waals surface area contributed by atoms with Gasteiger partial charge in [-0.3, -0.25) is 0 Å². The Hall–Kier alpha value is 0.0700. The van der Waals surface area contributed by atoms with Gasteiger partial charge in [0, 0.05) is 10.4 Å². The topological polar surface area (TPSA) is 38.9 Å². The first-order chi connectivity index (χ1) is 5.70. The van der Waals surface area contributed by atoms with E-state index >= 15 is 0 Å². The van der Waals surface area contributed by atoms with Crippen LogP contribution in [0.5, 0.6) is 0 Å². The van der Waals surface area contributed by atoms with Crippen LogP contribution in [0.15, 0.2) is 10.7 Å². The van der Waals surface area contributed by atoms with Gasteiger partial charge >= 0.3 is 0 Å². The molecule has 2 nitrogen and oxygen atoms in total. The van der Waals surface area contributed by atoms with E-state index < -0.39 is 0 Å². The third-order valence-corrected chi connectivity index (χ3v) is 4.14. The van der Waals surface area contributed by atoms with Crippen LogP contribution in [-0.2, 0) is 6.42 Å². The Labute approximate surface area is 84.5 Å². The Bertz CT molecular complexity index is 280. The maximum absolute atomic E-state index is 5.98. The molecule has 1 aromatic rings. The van der Waals surface area contributed by atoms with Crippen molar-refractivity contribution in [3.05, 3.63) is 15.5 Å². The minimum atomic E-state index is 0.170. The summed E-state index contributed by atoms with van der Waals surface area (Å²) in [5, 5.41) is 0. The van der Waals surface area contributed by atoms with Gasteiger partial charge in [-0.05, 0) is 53.1 Å². The first-order valence-corrected chi connectivity index (χ1v) is 5.64. The molecule has 0 aromatic carbocycles. The number of aryl methyl sites for hydroxylation is 1. The molecule has 1 heterocycles. The van der Waals surface area contributed by atoms with Crippen molar-refractivity contribution >= 4 is 27.5 Å². The fourth-order valence-corrected chi connectivity index (χ4v) is 2.46. The molecule has 2 rings (SSSR count). The van der Waals surface area contributed by atoms with Crippen molar-refractivity contribution in [2.75, 3.05) is 0 Å². The van der Waals surface area contributed by atoms with Crippen LogP contribution in [0.1, 0.15) is 24.1 Å². The van der Waals surface area contributed by atoms with Crippen LogP contribution < -0.4 is 5.73 Å². The van der Waals surface area contributed by atoms with Crippen LogP contribution in [-0.4, -0.2) is 9.91 Å². The minimum Gasteiger partial charge on any atom is -0.325 e. The predicted octanol–water partition coefficient (Wildman–Crippen LogP) is 2.33. The monoisotopic (exact) mass is 246 g/mol. The van der Waals surface area contributed by atoms with Crippen molar-refractivity contribution in [2.24, 2.45) is 5.73 Å². The third kappa shape index (κ3) is 1.87. The molecule has 4 heteroatoms. The van der Waals surface area contributed by atoms with Crippen molar-refractivity contribution in [2.45, 2.75) is 31.2 Å². The van der Waals surface area contributed by atoms with E-state index in [2.05, 4.69) is 20.3 Å². The average Bonchev–Trinajstić information content (AvgIpc) is 2.61. The molecule has 0 radical (unpaired) electrons. The molecule has 1 aliphatic carbocycles. The predicted molar refractivity (Wildman–Crippen MR) is 54.3 cm³/mol. The molecule has 0 atom stereocenters. The Balaban J connectivity index is 1.91. The quantitative estimate of drug-likeness (QED) is 0.890. The number of halogens is 1. The van der Waals surface area contributed by atoms with Gasteiger partial charge < -0.3 is 5.73 Å². The van der Waals surface area contributed by atoms with Gasteiger partial charge in [-0.2, -0.15) is 4.37 Å². The summed E-state index contributed by atoms with van der Waals surface area (Å²) in [4.78, 5) is 1.33. The number of nitrogens with two attached hydrogens (primary N) is 1. The molecule has 0 unspecified atom stereocenters. The van der Waals surface area contributed by atoms with Crippen LogP contribution in [0, 0.1) is 0 Å². The lowest BCUT2D eigenvalue weighted by Gasteiger charge is -2.05. The summed E-state index contributed by atoms with van der Waals surface area (Å²) in [5.41, 5.74) is 6.15. The van der Waals surface area contributed by atoms with E-state index in [9.17, 15) is 0 Å². The van der Waals surface area contributed by atoms with Crippen LogP contribution in [0.2, 0.25) is 0 Å². The molecule has 66 valence electrons. The van der Waals surface area contributed by atoms with Crippen LogP contribution in [0.25, 0.3) is 0 Å². The molecule has 0 spiro atoms. The summed E-state index contributed by atoms with van der Waals surface area (Å²) in [5.74, 6) is 0. The Morgan fingerprint density at radius 1 is 1.67 bits per heavy atom. The van der Waals surface area contributed by atoms with Crippen LogP contribution in [0.3, 0.4) is 0 Å². The summed E-state index contributed by atoms with van der Waals surface area (Å²) >= 11 is 5.03. The largest absolute Gasteiger partial charge is 0.325 e. The summed E-state index contributed by atoms with van der Waals surface area (Å²) in [7, 11) is 0. The van der Waals surface area contributed by atoms with E-state index in [1.807, 2.05) is 6.20 Å². The second kappa shape index (κ2) is 3.09. The van der Waals surface area contributed by atoms with E-state index in [0.717, 1.165) is 17.3 Å². The van der Waals surface area contributed by atoms with Gasteiger partial charge in [0.15, 0.2) is 0 Å². The summed E-state index contributed by atoms with van der Waals surface area (Å²) in [6.07, 6.45) is 6.43. The van der Waals surface area contributed by atoms with E-state index in [1.54, 1.807) is 11.5 Å². The Kier molecular flexibility index (Phi) is 2.23. The maximum atomic E-state index is 5.98. The highest BCUT2D eigenvalue weighted by Gasteiger charge is 2.37. The van der Waals surface area contributed by atoms with E-state index in [4.69, 9.17) is 5.73 Å². The molecule has 12 heavy (non-hydrogen) atoms. The Morgan fingerprint density at radius 2 is 2.42 bits per heavy atom. The summed E-state index contributed by atoms with van der Waals surface area (Å²) in [6.45, 7) is 0. The zero-order chi connectivity index (χ0) is 8.60. The third-order valence-electron chi connectivity index (χ3n) is 2.34. The molecular weight excluding hydrogens is 236 g/mol. The second-order valence-corrected chi connectivity index (χ2v) is 5.20. The van der Waals surface area contributed by atoms with Crippen molar-refractivity contribution in [3.63, 3.8) is 0 Å². The minimum absolute atomic E-state index is 0.170. The van der Waals surface area contributed by atoms with Gasteiger partial charge in [0.05, 0.1) is 10.7 Å². The molecule has 0 saturated heterocycles. The average molecular weight is 247 g/mol. The van der Waals surface area contributed by atoms with Gasteiger partial charge in [0.25, 0.3) is 0 Å². The molecule has 2 N–H and O–H groups in total. The van der Waals surface area contributed by atoms with Gasteiger partial charge in [0.2, 0.25) is 0 Å². The van der Waals surface area contributed by atoms with Gasteiger partial charge in [-0.25, -0.2) is 0 Å². The number of hydrogen-bond donors (Lipinski definition) is 1. The molecule has 1 fully saturated rings. The highest BCUT2D eigenvalue weighted by Crippen LogP contribution is 2.37. The second-order valence-electron chi connectivity index (χ2n) is 3.46. The van der Waals surface area contributed by atoms with Crippen molar-refractivity contribution in [1.82, 2.24) is 4.37 Å². The molecule has 1 aliphatic rings. The molecular formula is C8H11BrN2S. The first-order valence-electron chi connectivity index (χ1n) is 4.08. The smallest absolute Gasteiger partial charge is 0.0552 e. The van der Waals surface area contributed by atoms with Gasteiger partial charge in [-0.15, -0.1) is 0 Å². The molecule has 1 saturated carbocycles. The van der Waals surface area contributed by atoms with Crippen molar-refractivity contribution in [3.8, 4) is 0 Å². The van der Waals surface area contributed by atoms with Gasteiger partial charge in [-0.1, -0.05) is 0 Å². The maximum Gasteiger partial charge on any atom is 0.0552 e. The van der Waals surface area contributed by atoms with Crippen molar-refractivity contribution in [1.29, 1.82) is 0 Å². The lowest BCUT2D eigenvalue weighted by molar-refractivity contribution is 0.612. The molecule has 0 bridgehead atoms. The number of aromatic nitrogens is 1. The first kappa shape index (κ1) is 8.66. The lowest BCUT2D eigenvalue weighted by atomic mass is 10.1. The molecule has 0 amide bonds. The van der Waals surface area contributed by atoms with Crippen LogP contribution in [0.4, 0.5) is 0 Å². The highest BCUT2D eigenvalue weighted by atomic mass is 79.9. The zero-order valence-electron chi connectivity index (χ0n) is 6.72. The number of nitrogens with zero attached hydrogens (tertiary/aromatic N) is 1.